The van der Waals surface area contributed by atoms with Gasteiger partial charge in [0.1, 0.15) is 5.82 Å². The van der Waals surface area contributed by atoms with Crippen LogP contribution < -0.4 is 5.73 Å². The van der Waals surface area contributed by atoms with Gasteiger partial charge in [0, 0.05) is 17.7 Å². The molecule has 1 saturated carbocycles. The van der Waals surface area contributed by atoms with Gasteiger partial charge in [-0.2, -0.15) is 0 Å². The van der Waals surface area contributed by atoms with Gasteiger partial charge in [-0.1, -0.05) is 0 Å². The van der Waals surface area contributed by atoms with Gasteiger partial charge in [-0.3, -0.25) is 0 Å². The minimum atomic E-state index is -0.948. The van der Waals surface area contributed by atoms with Crippen molar-refractivity contribution in [3.8, 4) is 5.75 Å². The van der Waals surface area contributed by atoms with Crippen molar-refractivity contribution < 1.29 is 13.9 Å². The highest BCUT2D eigenvalue weighted by Crippen LogP contribution is 2.42. The summed E-state index contributed by atoms with van der Waals surface area (Å²) in [7, 11) is 0. The summed E-state index contributed by atoms with van der Waals surface area (Å²) in [6.07, 6.45) is 1.91. The molecule has 0 aromatic heterocycles. The largest absolute Gasteiger partial charge is 0.505 e. The topological polar surface area (TPSA) is 46.2 Å². The van der Waals surface area contributed by atoms with Gasteiger partial charge in [-0.25, -0.2) is 8.78 Å². The number of hydrogen-bond donors (Lipinski definition) is 2. The molecule has 0 spiro atoms. The predicted octanol–water partition coefficient (Wildman–Crippen LogP) is 2.08. The van der Waals surface area contributed by atoms with Gasteiger partial charge in [0.05, 0.1) is 0 Å². The van der Waals surface area contributed by atoms with E-state index >= 15 is 0 Å². The number of rotatable bonds is 2. The van der Waals surface area contributed by atoms with E-state index in [0.717, 1.165) is 18.9 Å². The number of phenols is 1. The SMILES string of the molecule is N[C@@H](c1cc(F)cc(F)c1O)C1CC1. The van der Waals surface area contributed by atoms with Crippen molar-refractivity contribution in [2.45, 2.75) is 18.9 Å². The molecule has 14 heavy (non-hydrogen) atoms. The highest BCUT2D eigenvalue weighted by Gasteiger charge is 2.32. The van der Waals surface area contributed by atoms with E-state index < -0.39 is 23.4 Å². The van der Waals surface area contributed by atoms with Crippen LogP contribution in [0.25, 0.3) is 0 Å². The number of aromatic hydroxyl groups is 1. The van der Waals surface area contributed by atoms with Crippen LogP contribution in [0.4, 0.5) is 8.78 Å². The molecule has 4 heteroatoms. The van der Waals surface area contributed by atoms with Crippen molar-refractivity contribution in [1.82, 2.24) is 0 Å². The molecule has 1 aliphatic carbocycles. The van der Waals surface area contributed by atoms with Crippen LogP contribution in [-0.4, -0.2) is 5.11 Å². The second kappa shape index (κ2) is 3.20. The Kier molecular flexibility index (Phi) is 2.15. The molecule has 1 fully saturated rings. The van der Waals surface area contributed by atoms with Crippen LogP contribution in [0, 0.1) is 17.6 Å². The highest BCUT2D eigenvalue weighted by molar-refractivity contribution is 5.37. The molecule has 0 bridgehead atoms. The van der Waals surface area contributed by atoms with E-state index in [9.17, 15) is 13.9 Å². The summed E-state index contributed by atoms with van der Waals surface area (Å²) < 4.78 is 25.8. The molecule has 0 unspecified atom stereocenters. The quantitative estimate of drug-likeness (QED) is 0.766. The average Bonchev–Trinajstić information content (AvgIpc) is 2.93. The van der Waals surface area contributed by atoms with E-state index in [1.54, 1.807) is 0 Å². The summed E-state index contributed by atoms with van der Waals surface area (Å²) in [4.78, 5) is 0. The van der Waals surface area contributed by atoms with Gasteiger partial charge < -0.3 is 10.8 Å². The Morgan fingerprint density at radius 3 is 2.57 bits per heavy atom. The Balaban J connectivity index is 2.39. The fourth-order valence-electron chi connectivity index (χ4n) is 1.55. The molecule has 2 nitrogen and oxygen atoms in total. The van der Waals surface area contributed by atoms with E-state index in [1.165, 1.54) is 0 Å². The molecule has 0 aliphatic heterocycles. The van der Waals surface area contributed by atoms with Crippen LogP contribution in [0.3, 0.4) is 0 Å². The molecule has 1 aliphatic rings. The number of halogens is 2. The van der Waals surface area contributed by atoms with Crippen LogP contribution in [0.5, 0.6) is 5.75 Å². The van der Waals surface area contributed by atoms with Crippen LogP contribution in [0.2, 0.25) is 0 Å². The average molecular weight is 199 g/mol. The van der Waals surface area contributed by atoms with Gasteiger partial charge in [0.2, 0.25) is 0 Å². The second-order valence-electron chi connectivity index (χ2n) is 3.69. The zero-order valence-corrected chi connectivity index (χ0v) is 7.50. The molecule has 76 valence electrons. The summed E-state index contributed by atoms with van der Waals surface area (Å²) in [6.45, 7) is 0. The molecule has 0 amide bonds. The Morgan fingerprint density at radius 2 is 2.00 bits per heavy atom. The second-order valence-corrected chi connectivity index (χ2v) is 3.69. The number of phenolic OH excluding ortho intramolecular Hbond substituents is 1. The molecule has 1 atom stereocenters. The zero-order chi connectivity index (χ0) is 10.3. The lowest BCUT2D eigenvalue weighted by Gasteiger charge is -2.12. The van der Waals surface area contributed by atoms with E-state index in [1.807, 2.05) is 0 Å². The van der Waals surface area contributed by atoms with Crippen LogP contribution in [-0.2, 0) is 0 Å². The van der Waals surface area contributed by atoms with Gasteiger partial charge in [-0.15, -0.1) is 0 Å². The first-order valence-electron chi connectivity index (χ1n) is 4.53. The minimum absolute atomic E-state index is 0.171. The van der Waals surface area contributed by atoms with Crippen molar-refractivity contribution in [3.05, 3.63) is 29.3 Å². The lowest BCUT2D eigenvalue weighted by atomic mass is 10.0. The summed E-state index contributed by atoms with van der Waals surface area (Å²) in [5.41, 5.74) is 5.92. The first kappa shape index (κ1) is 9.40. The lowest BCUT2D eigenvalue weighted by Crippen LogP contribution is -2.13. The van der Waals surface area contributed by atoms with Crippen LogP contribution in [0.1, 0.15) is 24.4 Å². The fraction of sp³-hybridized carbons (Fsp3) is 0.400. The number of hydrogen-bond acceptors (Lipinski definition) is 2. The van der Waals surface area contributed by atoms with E-state index in [4.69, 9.17) is 5.73 Å². The molecule has 2 rings (SSSR count). The normalized spacial score (nSPS) is 18.2. The van der Waals surface area contributed by atoms with Crippen molar-refractivity contribution in [3.63, 3.8) is 0 Å². The monoisotopic (exact) mass is 199 g/mol. The molecule has 1 aromatic carbocycles. The van der Waals surface area contributed by atoms with Gasteiger partial charge in [-0.05, 0) is 24.8 Å². The molecule has 0 saturated heterocycles. The molecular weight excluding hydrogens is 188 g/mol. The first-order valence-corrected chi connectivity index (χ1v) is 4.53. The number of benzene rings is 1. The Morgan fingerprint density at radius 1 is 1.36 bits per heavy atom. The van der Waals surface area contributed by atoms with Crippen LogP contribution in [0.15, 0.2) is 12.1 Å². The van der Waals surface area contributed by atoms with E-state index in [-0.39, 0.29) is 11.5 Å². The fourth-order valence-corrected chi connectivity index (χ4v) is 1.55. The van der Waals surface area contributed by atoms with Crippen LogP contribution >= 0.6 is 0 Å². The Hall–Kier alpha value is -1.16. The van der Waals surface area contributed by atoms with Crippen molar-refractivity contribution in [1.29, 1.82) is 0 Å². The highest BCUT2D eigenvalue weighted by atomic mass is 19.1. The number of nitrogens with two attached hydrogens (primary N) is 1. The molecular formula is C10H11F2NO. The molecule has 0 heterocycles. The minimum Gasteiger partial charge on any atom is -0.505 e. The maximum Gasteiger partial charge on any atom is 0.168 e. The molecule has 0 radical (unpaired) electrons. The summed E-state index contributed by atoms with van der Waals surface area (Å²) >= 11 is 0. The van der Waals surface area contributed by atoms with E-state index in [2.05, 4.69) is 0 Å². The lowest BCUT2D eigenvalue weighted by molar-refractivity contribution is 0.411. The first-order chi connectivity index (χ1) is 6.59. The maximum absolute atomic E-state index is 12.9. The Labute approximate surface area is 80.4 Å². The molecule has 1 aromatic rings. The zero-order valence-electron chi connectivity index (χ0n) is 7.50. The van der Waals surface area contributed by atoms with E-state index in [0.29, 0.717) is 6.07 Å². The summed E-state index contributed by atoms with van der Waals surface area (Å²) in [5, 5.41) is 9.35. The third-order valence-corrected chi connectivity index (χ3v) is 2.55. The maximum atomic E-state index is 12.9. The van der Waals surface area contributed by atoms with Gasteiger partial charge in [0.15, 0.2) is 11.6 Å². The summed E-state index contributed by atoms with van der Waals surface area (Å²) in [5.74, 6) is -1.92. The molecule has 3 N–H and O–H groups in total. The smallest absolute Gasteiger partial charge is 0.168 e. The summed E-state index contributed by atoms with van der Waals surface area (Å²) in [6, 6.07) is 1.29. The third kappa shape index (κ3) is 1.57. The Bertz CT molecular complexity index is 363. The predicted molar refractivity (Wildman–Crippen MR) is 47.7 cm³/mol. The standard InChI is InChI=1S/C10H11F2NO/c11-6-3-7(9(13)5-1-2-5)10(14)8(12)4-6/h3-5,9,14H,1-2,13H2/t9-/m1/s1. The van der Waals surface area contributed by atoms with Crippen molar-refractivity contribution in [2.24, 2.45) is 11.7 Å². The van der Waals surface area contributed by atoms with Gasteiger partial charge in [0.25, 0.3) is 0 Å². The third-order valence-electron chi connectivity index (χ3n) is 2.55. The van der Waals surface area contributed by atoms with Gasteiger partial charge >= 0.3 is 0 Å². The van der Waals surface area contributed by atoms with Crippen molar-refractivity contribution in [2.75, 3.05) is 0 Å². The van der Waals surface area contributed by atoms with Crippen molar-refractivity contribution >= 4 is 0 Å².